The van der Waals surface area contributed by atoms with E-state index >= 15 is 0 Å². The fourth-order valence-electron chi connectivity index (χ4n) is 3.32. The van der Waals surface area contributed by atoms with Crippen LogP contribution in [0.3, 0.4) is 0 Å². The molecule has 0 aliphatic carbocycles. The first kappa shape index (κ1) is 21.6. The Morgan fingerprint density at radius 2 is 1.52 bits per heavy atom. The molecule has 3 N–H and O–H groups in total. The van der Waals surface area contributed by atoms with Crippen LogP contribution in [-0.4, -0.2) is 22.8 Å². The molecular weight excluding hydrogens is 401 g/mol. The van der Waals surface area contributed by atoms with E-state index in [1.807, 2.05) is 36.4 Å². The van der Waals surface area contributed by atoms with Crippen molar-refractivity contribution in [1.29, 1.82) is 0 Å². The number of amides is 2. The lowest BCUT2D eigenvalue weighted by Gasteiger charge is -2.22. The predicted molar refractivity (Wildman–Crippen MR) is 113 cm³/mol. The molecule has 0 aromatic heterocycles. The molecule has 8 heteroatoms. The molecule has 3 rings (SSSR count). The number of nitrogens with zero attached hydrogens (tertiary/aromatic N) is 1. The maximum atomic E-state index is 13.6. The maximum absolute atomic E-state index is 13.6. The fraction of sp³-hybridized carbons (Fsp3) is 0.130. The van der Waals surface area contributed by atoms with Gasteiger partial charge in [-0.2, -0.15) is 4.39 Å². The second-order valence-corrected chi connectivity index (χ2v) is 6.96. The number of carbonyl (C=O) groups excluding carboxylic acids is 2. The first-order chi connectivity index (χ1) is 14.9. The van der Waals surface area contributed by atoms with Gasteiger partial charge in [0.15, 0.2) is 0 Å². The van der Waals surface area contributed by atoms with Gasteiger partial charge < -0.3 is 11.1 Å². The zero-order chi connectivity index (χ0) is 22.4. The van der Waals surface area contributed by atoms with E-state index in [4.69, 9.17) is 5.73 Å². The quantitative estimate of drug-likeness (QED) is 0.429. The smallest absolute Gasteiger partial charge is 0.305 e. The van der Waals surface area contributed by atoms with Crippen molar-refractivity contribution in [2.45, 2.75) is 18.4 Å². The van der Waals surface area contributed by atoms with Gasteiger partial charge in [0.25, 0.3) is 0 Å². The molecule has 3 aromatic rings. The summed E-state index contributed by atoms with van der Waals surface area (Å²) >= 11 is 0. The van der Waals surface area contributed by atoms with Gasteiger partial charge in [0.05, 0.1) is 10.8 Å². The van der Waals surface area contributed by atoms with Crippen LogP contribution in [0.15, 0.2) is 78.9 Å². The highest BCUT2D eigenvalue weighted by atomic mass is 19.1. The van der Waals surface area contributed by atoms with Gasteiger partial charge in [-0.25, -0.2) is 0 Å². The van der Waals surface area contributed by atoms with Crippen LogP contribution in [0.5, 0.6) is 0 Å². The summed E-state index contributed by atoms with van der Waals surface area (Å²) < 4.78 is 13.6. The molecule has 0 unspecified atom stereocenters. The Kier molecular flexibility index (Phi) is 6.71. The van der Waals surface area contributed by atoms with Crippen LogP contribution in [0, 0.1) is 15.9 Å². The highest BCUT2D eigenvalue weighted by molar-refractivity contribution is 5.92. The monoisotopic (exact) mass is 421 g/mol. The average molecular weight is 421 g/mol. The Morgan fingerprint density at radius 3 is 2.00 bits per heavy atom. The number of carbonyl (C=O) groups is 2. The zero-order valence-corrected chi connectivity index (χ0v) is 16.4. The number of benzene rings is 3. The lowest BCUT2D eigenvalue weighted by Crippen LogP contribution is -2.47. The van der Waals surface area contributed by atoms with Crippen molar-refractivity contribution in [3.05, 3.63) is 111 Å². The lowest BCUT2D eigenvalue weighted by atomic mass is 9.90. The summed E-state index contributed by atoms with van der Waals surface area (Å²) in [5.74, 6) is -2.92. The second kappa shape index (κ2) is 9.62. The van der Waals surface area contributed by atoms with Gasteiger partial charge in [0.1, 0.15) is 6.04 Å². The van der Waals surface area contributed by atoms with E-state index in [1.165, 1.54) is 6.07 Å². The molecular formula is C23H20FN3O4. The molecule has 31 heavy (non-hydrogen) atoms. The molecule has 0 aliphatic heterocycles. The summed E-state index contributed by atoms with van der Waals surface area (Å²) in [6, 6.07) is 20.3. The largest absolute Gasteiger partial charge is 0.368 e. The van der Waals surface area contributed by atoms with Crippen LogP contribution >= 0.6 is 0 Å². The summed E-state index contributed by atoms with van der Waals surface area (Å²) in [6.45, 7) is 0. The summed E-state index contributed by atoms with van der Waals surface area (Å²) in [5, 5.41) is 13.6. The Labute approximate surface area is 177 Å². The normalized spacial score (nSPS) is 11.7. The third-order valence-electron chi connectivity index (χ3n) is 4.84. The molecule has 0 aliphatic rings. The highest BCUT2D eigenvalue weighted by Gasteiger charge is 2.27. The van der Waals surface area contributed by atoms with Crippen LogP contribution < -0.4 is 11.1 Å². The van der Waals surface area contributed by atoms with E-state index in [2.05, 4.69) is 5.32 Å². The standard InChI is InChI=1S/C23H20FN3O4/c24-18-12-11-15(14-20(18)27(30)31)13-19(22(25)28)26-23(29)21(16-7-3-1-4-8-16)17-9-5-2-6-10-17/h1-12,14,19,21H,13H2,(H2,25,28)(H,26,29)/t19-/m1/s1. The van der Waals surface area contributed by atoms with Crippen molar-refractivity contribution >= 4 is 17.5 Å². The van der Waals surface area contributed by atoms with Crippen molar-refractivity contribution in [1.82, 2.24) is 5.32 Å². The number of nitro groups is 1. The van der Waals surface area contributed by atoms with Crippen molar-refractivity contribution in [2.75, 3.05) is 0 Å². The van der Waals surface area contributed by atoms with Crippen LogP contribution in [-0.2, 0) is 16.0 Å². The van der Waals surface area contributed by atoms with Crippen LogP contribution in [0.1, 0.15) is 22.6 Å². The van der Waals surface area contributed by atoms with E-state index in [1.54, 1.807) is 24.3 Å². The molecule has 0 radical (unpaired) electrons. The Morgan fingerprint density at radius 1 is 0.968 bits per heavy atom. The summed E-state index contributed by atoms with van der Waals surface area (Å²) in [6.07, 6.45) is -0.113. The molecule has 3 aromatic carbocycles. The van der Waals surface area contributed by atoms with Gasteiger partial charge in [-0.1, -0.05) is 66.7 Å². The number of primary amides is 1. The number of rotatable bonds is 8. The molecule has 0 fully saturated rings. The van der Waals surface area contributed by atoms with Gasteiger partial charge in [-0.3, -0.25) is 19.7 Å². The summed E-state index contributed by atoms with van der Waals surface area (Å²) in [4.78, 5) is 35.3. The minimum atomic E-state index is -1.13. The first-order valence-corrected chi connectivity index (χ1v) is 9.49. The van der Waals surface area contributed by atoms with E-state index in [0.717, 1.165) is 23.3 Å². The molecule has 0 heterocycles. The number of hydrogen-bond donors (Lipinski definition) is 2. The van der Waals surface area contributed by atoms with Crippen molar-refractivity contribution in [3.63, 3.8) is 0 Å². The van der Waals surface area contributed by atoms with Gasteiger partial charge in [-0.05, 0) is 22.8 Å². The van der Waals surface area contributed by atoms with Crippen molar-refractivity contribution in [3.8, 4) is 0 Å². The van der Waals surface area contributed by atoms with E-state index < -0.39 is 40.2 Å². The lowest BCUT2D eigenvalue weighted by molar-refractivity contribution is -0.387. The number of halogens is 1. The van der Waals surface area contributed by atoms with Crippen LogP contribution in [0.25, 0.3) is 0 Å². The maximum Gasteiger partial charge on any atom is 0.305 e. The minimum absolute atomic E-state index is 0.113. The van der Waals surface area contributed by atoms with E-state index in [0.29, 0.717) is 5.56 Å². The molecule has 7 nitrogen and oxygen atoms in total. The van der Waals surface area contributed by atoms with Crippen LogP contribution in [0.4, 0.5) is 10.1 Å². The SMILES string of the molecule is NC(=O)[C@@H](Cc1ccc(F)c([N+](=O)[O-])c1)NC(=O)C(c1ccccc1)c1ccccc1. The zero-order valence-electron chi connectivity index (χ0n) is 16.4. The molecule has 1 atom stereocenters. The fourth-order valence-corrected chi connectivity index (χ4v) is 3.32. The molecule has 0 bridgehead atoms. The third kappa shape index (κ3) is 5.30. The summed E-state index contributed by atoms with van der Waals surface area (Å²) in [7, 11) is 0. The van der Waals surface area contributed by atoms with Gasteiger partial charge in [0, 0.05) is 12.5 Å². The summed E-state index contributed by atoms with van der Waals surface area (Å²) in [5.41, 5.74) is 6.52. The van der Waals surface area contributed by atoms with Gasteiger partial charge >= 0.3 is 5.69 Å². The number of nitro benzene ring substituents is 1. The minimum Gasteiger partial charge on any atom is -0.368 e. The number of hydrogen-bond acceptors (Lipinski definition) is 4. The molecule has 2 amide bonds. The Hall–Kier alpha value is -4.07. The van der Waals surface area contributed by atoms with Crippen molar-refractivity contribution < 1.29 is 18.9 Å². The molecule has 0 saturated heterocycles. The third-order valence-corrected chi connectivity index (χ3v) is 4.84. The Bertz CT molecular complexity index is 1050. The molecule has 0 saturated carbocycles. The van der Waals surface area contributed by atoms with E-state index in [-0.39, 0.29) is 6.42 Å². The van der Waals surface area contributed by atoms with Crippen LogP contribution in [0.2, 0.25) is 0 Å². The molecule has 0 spiro atoms. The first-order valence-electron chi connectivity index (χ1n) is 9.49. The van der Waals surface area contributed by atoms with Crippen molar-refractivity contribution in [2.24, 2.45) is 5.73 Å². The predicted octanol–water partition coefficient (Wildman–Crippen LogP) is 3.08. The Balaban J connectivity index is 1.87. The molecule has 158 valence electrons. The number of nitrogens with one attached hydrogen (secondary N) is 1. The van der Waals surface area contributed by atoms with Gasteiger partial charge in [-0.15, -0.1) is 0 Å². The van der Waals surface area contributed by atoms with Gasteiger partial charge in [0.2, 0.25) is 17.6 Å². The average Bonchev–Trinajstić information content (AvgIpc) is 2.76. The highest BCUT2D eigenvalue weighted by Crippen LogP contribution is 2.25. The van der Waals surface area contributed by atoms with E-state index in [9.17, 15) is 24.1 Å². The second-order valence-electron chi connectivity index (χ2n) is 6.96. The topological polar surface area (TPSA) is 115 Å². The number of nitrogens with two attached hydrogens (primary N) is 1.